The number of thiol groups is 6. The molecule has 0 bridgehead atoms. The Morgan fingerprint density at radius 2 is 1.19 bits per heavy atom. The maximum Gasteiger partial charge on any atom is 0.0226 e. The minimum absolute atomic E-state index is 0.406. The topological polar surface area (TPSA) is 0 Å². The first-order valence-electron chi connectivity index (χ1n) is 6.67. The van der Waals surface area contributed by atoms with Crippen molar-refractivity contribution in [2.75, 3.05) is 46.0 Å². The minimum Gasteiger partial charge on any atom is -0.178 e. The molecule has 0 amide bonds. The molecule has 1 aliphatic heterocycles. The summed E-state index contributed by atoms with van der Waals surface area (Å²) in [5.41, 5.74) is 0. The van der Waals surface area contributed by atoms with Crippen molar-refractivity contribution in [3.05, 3.63) is 0 Å². The van der Waals surface area contributed by atoms with Gasteiger partial charge in [0.1, 0.15) is 0 Å². The van der Waals surface area contributed by atoms with Crippen LogP contribution in [0.4, 0.5) is 0 Å². The second kappa shape index (κ2) is 16.6. The van der Waals surface area contributed by atoms with Crippen molar-refractivity contribution < 1.29 is 0 Å². The van der Waals surface area contributed by atoms with Crippen molar-refractivity contribution in [1.82, 2.24) is 0 Å². The monoisotopic (exact) mass is 458 g/mol. The van der Waals surface area contributed by atoms with Gasteiger partial charge in [-0.1, -0.05) is 0 Å². The molecule has 21 heavy (non-hydrogen) atoms. The first-order chi connectivity index (χ1) is 10.1. The van der Waals surface area contributed by atoms with E-state index < -0.39 is 0 Å². The Bertz CT molecular complexity index is 199. The molecule has 4 atom stereocenters. The predicted molar refractivity (Wildman–Crippen MR) is 131 cm³/mol. The summed E-state index contributed by atoms with van der Waals surface area (Å²) in [7, 11) is 0. The summed E-state index contributed by atoms with van der Waals surface area (Å²) in [6.07, 6.45) is 0. The Labute approximate surface area is 176 Å². The zero-order valence-electron chi connectivity index (χ0n) is 11.9. The predicted octanol–water partition coefficient (Wildman–Crippen LogP) is 4.24. The molecular formula is C12H26S9. The van der Waals surface area contributed by atoms with Gasteiger partial charge in [-0.3, -0.25) is 0 Å². The fraction of sp³-hybridized carbons (Fsp3) is 1.00. The molecule has 0 radical (unpaired) electrons. The lowest BCUT2D eigenvalue weighted by atomic mass is 10.5. The van der Waals surface area contributed by atoms with Gasteiger partial charge in [0.15, 0.2) is 0 Å². The van der Waals surface area contributed by atoms with E-state index in [0.29, 0.717) is 10.5 Å². The number of rotatable bonds is 8. The van der Waals surface area contributed by atoms with E-state index in [1.807, 2.05) is 35.3 Å². The Hall–Kier alpha value is 3.15. The summed E-state index contributed by atoms with van der Waals surface area (Å²) in [6.45, 7) is 0. The summed E-state index contributed by atoms with van der Waals surface area (Å²) in [6, 6.07) is 0. The highest BCUT2D eigenvalue weighted by Crippen LogP contribution is 2.30. The Morgan fingerprint density at radius 3 is 1.43 bits per heavy atom. The van der Waals surface area contributed by atoms with E-state index in [1.165, 1.54) is 11.5 Å². The van der Waals surface area contributed by atoms with Crippen LogP contribution < -0.4 is 0 Å². The molecule has 0 nitrogen and oxygen atoms in total. The molecule has 0 saturated carbocycles. The van der Waals surface area contributed by atoms with Crippen molar-refractivity contribution >= 4 is 111 Å². The molecule has 1 fully saturated rings. The van der Waals surface area contributed by atoms with Gasteiger partial charge in [0.25, 0.3) is 0 Å². The average Bonchev–Trinajstić information content (AvgIpc) is 2.55. The van der Waals surface area contributed by atoms with Crippen molar-refractivity contribution in [1.29, 1.82) is 0 Å². The molecule has 128 valence electrons. The molecule has 0 aromatic carbocycles. The van der Waals surface area contributed by atoms with Crippen LogP contribution >= 0.6 is 111 Å². The second-order valence-electron chi connectivity index (χ2n) is 4.49. The van der Waals surface area contributed by atoms with Gasteiger partial charge in [-0.25, -0.2) is 0 Å². The molecule has 0 aromatic rings. The van der Waals surface area contributed by atoms with Gasteiger partial charge in [0.2, 0.25) is 0 Å². The molecule has 1 heterocycles. The third kappa shape index (κ3) is 14.0. The fourth-order valence-corrected chi connectivity index (χ4v) is 7.30. The SMILES string of the molecule is SCC(S)CSCC(S)CS.SCC1CSC(CS)CS1. The largest absolute Gasteiger partial charge is 0.178 e. The molecular weight excluding hydrogens is 433 g/mol. The lowest BCUT2D eigenvalue weighted by Gasteiger charge is -2.25. The molecule has 9 heteroatoms. The van der Waals surface area contributed by atoms with Gasteiger partial charge in [0.05, 0.1) is 0 Å². The minimum atomic E-state index is 0.406. The van der Waals surface area contributed by atoms with Crippen LogP contribution in [-0.2, 0) is 0 Å². The van der Waals surface area contributed by atoms with Crippen LogP contribution in [0.15, 0.2) is 0 Å². The van der Waals surface area contributed by atoms with Crippen LogP contribution in [0.2, 0.25) is 0 Å². The lowest BCUT2D eigenvalue weighted by molar-refractivity contribution is 1.06. The van der Waals surface area contributed by atoms with E-state index in [-0.39, 0.29) is 0 Å². The molecule has 0 aromatic heterocycles. The summed E-state index contributed by atoms with van der Waals surface area (Å²) >= 11 is 31.4. The third-order valence-electron chi connectivity index (χ3n) is 2.48. The highest BCUT2D eigenvalue weighted by molar-refractivity contribution is 8.07. The maximum atomic E-state index is 4.32. The molecule has 0 aliphatic carbocycles. The Kier molecular flexibility index (Phi) is 19.1. The van der Waals surface area contributed by atoms with Crippen molar-refractivity contribution in [2.24, 2.45) is 0 Å². The molecule has 4 unspecified atom stereocenters. The van der Waals surface area contributed by atoms with Crippen LogP contribution in [0.1, 0.15) is 0 Å². The highest BCUT2D eigenvalue weighted by atomic mass is 32.2. The van der Waals surface area contributed by atoms with E-state index in [2.05, 4.69) is 75.8 Å². The Balaban J connectivity index is 0.000000382. The van der Waals surface area contributed by atoms with Gasteiger partial charge in [-0.15, -0.1) is 0 Å². The second-order valence-corrected chi connectivity index (χ2v) is 11.1. The Morgan fingerprint density at radius 1 is 0.810 bits per heavy atom. The van der Waals surface area contributed by atoms with Crippen LogP contribution in [0, 0.1) is 0 Å². The molecule has 1 saturated heterocycles. The first-order valence-corrected chi connectivity index (χ1v) is 13.5. The van der Waals surface area contributed by atoms with Gasteiger partial charge in [-0.05, 0) is 0 Å². The summed E-state index contributed by atoms with van der Waals surface area (Å²) in [5, 5.41) is 2.38. The average molecular weight is 459 g/mol. The van der Waals surface area contributed by atoms with Gasteiger partial charge >= 0.3 is 0 Å². The van der Waals surface area contributed by atoms with Gasteiger partial charge in [-0.2, -0.15) is 111 Å². The quantitative estimate of drug-likeness (QED) is 0.301. The zero-order valence-corrected chi connectivity index (χ0v) is 19.7. The van der Waals surface area contributed by atoms with Crippen LogP contribution in [0.3, 0.4) is 0 Å². The van der Waals surface area contributed by atoms with Gasteiger partial charge in [0, 0.05) is 67.0 Å². The van der Waals surface area contributed by atoms with E-state index in [9.17, 15) is 0 Å². The summed E-state index contributed by atoms with van der Waals surface area (Å²) < 4.78 is 0. The van der Waals surface area contributed by atoms with E-state index in [1.54, 1.807) is 0 Å². The maximum absolute atomic E-state index is 4.32. The number of thioether (sulfide) groups is 3. The summed E-state index contributed by atoms with van der Waals surface area (Å²) in [5.74, 6) is 8.37. The zero-order chi connectivity index (χ0) is 16.1. The normalized spacial score (nSPS) is 24.9. The highest BCUT2D eigenvalue weighted by Gasteiger charge is 2.19. The third-order valence-corrected chi connectivity index (χ3v) is 11.0. The van der Waals surface area contributed by atoms with E-state index in [4.69, 9.17) is 0 Å². The molecule has 0 spiro atoms. The van der Waals surface area contributed by atoms with Crippen LogP contribution in [0.25, 0.3) is 0 Å². The van der Waals surface area contributed by atoms with Crippen molar-refractivity contribution in [3.63, 3.8) is 0 Å². The smallest absolute Gasteiger partial charge is 0.0226 e. The standard InChI is InChI=1S/C6H14S5.C6H12S4/c7-1-5(9)3-11-4-6(10)2-8;7-1-5-3-10-6(2-8)4-9-5/h5-10H,1-4H2;5-8H,1-4H2. The van der Waals surface area contributed by atoms with Gasteiger partial charge < -0.3 is 0 Å². The lowest BCUT2D eigenvalue weighted by Crippen LogP contribution is -2.23. The fourth-order valence-electron chi connectivity index (χ4n) is 1.24. The first kappa shape index (κ1) is 24.1. The molecule has 0 N–H and O–H groups in total. The van der Waals surface area contributed by atoms with E-state index >= 15 is 0 Å². The molecule has 1 aliphatic rings. The van der Waals surface area contributed by atoms with Crippen molar-refractivity contribution in [3.8, 4) is 0 Å². The molecule has 1 rings (SSSR count). The van der Waals surface area contributed by atoms with E-state index in [0.717, 1.165) is 45.0 Å². The van der Waals surface area contributed by atoms with Crippen molar-refractivity contribution in [2.45, 2.75) is 21.0 Å². The number of hydrogen-bond acceptors (Lipinski definition) is 9. The number of hydrogen-bond donors (Lipinski definition) is 6. The van der Waals surface area contributed by atoms with Crippen LogP contribution in [0.5, 0.6) is 0 Å². The van der Waals surface area contributed by atoms with Crippen LogP contribution in [-0.4, -0.2) is 67.0 Å². The summed E-state index contributed by atoms with van der Waals surface area (Å²) in [4.78, 5) is 0.